The molecule has 1 aliphatic heterocycles. The van der Waals surface area contributed by atoms with Crippen LogP contribution in [0.25, 0.3) is 0 Å². The van der Waals surface area contributed by atoms with Crippen LogP contribution in [0.1, 0.15) is 31.0 Å². The van der Waals surface area contributed by atoms with E-state index >= 15 is 0 Å². The Morgan fingerprint density at radius 1 is 1.36 bits per heavy atom. The fourth-order valence-electron chi connectivity index (χ4n) is 1.70. The highest BCUT2D eigenvalue weighted by Crippen LogP contribution is 2.26. The second kappa shape index (κ2) is 3.66. The van der Waals surface area contributed by atoms with Gasteiger partial charge in [-0.3, -0.25) is 5.01 Å². The molecule has 0 radical (unpaired) electrons. The van der Waals surface area contributed by atoms with Crippen LogP contribution >= 0.6 is 0 Å². The molecule has 0 bridgehead atoms. The van der Waals surface area contributed by atoms with Crippen LogP contribution in [0.5, 0.6) is 0 Å². The van der Waals surface area contributed by atoms with E-state index in [9.17, 15) is 0 Å². The van der Waals surface area contributed by atoms with Gasteiger partial charge in [0.05, 0.1) is 12.3 Å². The van der Waals surface area contributed by atoms with E-state index in [2.05, 4.69) is 30.2 Å². The van der Waals surface area contributed by atoms with Gasteiger partial charge in [-0.15, -0.1) is 0 Å². The molecule has 1 aromatic rings. The summed E-state index contributed by atoms with van der Waals surface area (Å²) in [6.07, 6.45) is 5.91. The maximum atomic E-state index is 4.36. The number of hydrogen-bond acceptors (Lipinski definition) is 2. The molecule has 1 aliphatic rings. The summed E-state index contributed by atoms with van der Waals surface area (Å²) >= 11 is 0. The van der Waals surface area contributed by atoms with E-state index in [1.165, 1.54) is 11.1 Å². The smallest absolute Gasteiger partial charge is 0.0746 e. The van der Waals surface area contributed by atoms with Gasteiger partial charge in [0.25, 0.3) is 0 Å². The molecule has 0 spiro atoms. The highest BCUT2D eigenvalue weighted by Gasteiger charge is 2.17. The molecule has 0 aromatic heterocycles. The van der Waals surface area contributed by atoms with Crippen LogP contribution in [0.2, 0.25) is 0 Å². The lowest BCUT2D eigenvalue weighted by molar-refractivity contribution is 0.309. The van der Waals surface area contributed by atoms with E-state index in [0.717, 1.165) is 0 Å². The van der Waals surface area contributed by atoms with Crippen LogP contribution in [0, 0.1) is 0 Å². The van der Waals surface area contributed by atoms with E-state index in [0.29, 0.717) is 6.04 Å². The number of hydrogen-bond donors (Lipinski definition) is 0. The van der Waals surface area contributed by atoms with Crippen molar-refractivity contribution >= 4 is 6.21 Å². The van der Waals surface area contributed by atoms with Crippen molar-refractivity contribution in [2.45, 2.75) is 19.9 Å². The largest absolute Gasteiger partial charge is 0.266 e. The van der Waals surface area contributed by atoms with Gasteiger partial charge in [0.2, 0.25) is 0 Å². The molecule has 0 saturated carbocycles. The molecule has 2 heteroatoms. The molecular weight excluding hydrogens is 172 g/mol. The number of hydrazone groups is 1. The third kappa shape index (κ3) is 1.43. The minimum absolute atomic E-state index is 0.326. The molecule has 1 atom stereocenters. The summed E-state index contributed by atoms with van der Waals surface area (Å²) < 4.78 is 0. The van der Waals surface area contributed by atoms with Gasteiger partial charge in [0.15, 0.2) is 0 Å². The van der Waals surface area contributed by atoms with Gasteiger partial charge in [0.1, 0.15) is 0 Å². The zero-order valence-electron chi connectivity index (χ0n) is 8.51. The molecule has 1 aromatic carbocycles. The second-order valence-corrected chi connectivity index (χ2v) is 3.41. The standard InChI is InChI=1S/C12H14N2/c1-3-8-14-10(2)12-7-5-4-6-11(12)9-13-14/h3-10H,1-2H3/b8-3+. The molecular formula is C12H14N2. The highest BCUT2D eigenvalue weighted by atomic mass is 15.5. The quantitative estimate of drug-likeness (QED) is 0.658. The van der Waals surface area contributed by atoms with Gasteiger partial charge >= 0.3 is 0 Å². The Hall–Kier alpha value is -1.57. The summed E-state index contributed by atoms with van der Waals surface area (Å²) in [4.78, 5) is 0. The number of nitrogens with zero attached hydrogens (tertiary/aromatic N) is 2. The van der Waals surface area contributed by atoms with Crippen LogP contribution < -0.4 is 0 Å². The van der Waals surface area contributed by atoms with Crippen molar-refractivity contribution in [2.75, 3.05) is 0 Å². The molecule has 0 fully saturated rings. The van der Waals surface area contributed by atoms with Gasteiger partial charge in [-0.1, -0.05) is 30.3 Å². The first-order valence-electron chi connectivity index (χ1n) is 4.87. The summed E-state index contributed by atoms with van der Waals surface area (Å²) in [5.74, 6) is 0. The third-order valence-corrected chi connectivity index (χ3v) is 2.47. The van der Waals surface area contributed by atoms with Crippen molar-refractivity contribution in [3.05, 3.63) is 47.7 Å². The van der Waals surface area contributed by atoms with Crippen molar-refractivity contribution in [3.8, 4) is 0 Å². The van der Waals surface area contributed by atoms with Gasteiger partial charge in [-0.05, 0) is 25.0 Å². The summed E-state index contributed by atoms with van der Waals surface area (Å²) in [6, 6.07) is 8.70. The molecule has 0 amide bonds. The number of fused-ring (bicyclic) bond motifs is 1. The Balaban J connectivity index is 2.39. The molecule has 2 rings (SSSR count). The SMILES string of the molecule is C/C=C/N1N=Cc2ccccc2C1C. The first-order chi connectivity index (χ1) is 6.83. The van der Waals surface area contributed by atoms with Crippen molar-refractivity contribution in [2.24, 2.45) is 5.10 Å². The van der Waals surface area contributed by atoms with Crippen LogP contribution in [0.15, 0.2) is 41.6 Å². The average Bonchev–Trinajstić information content (AvgIpc) is 2.23. The molecule has 14 heavy (non-hydrogen) atoms. The molecule has 1 unspecified atom stereocenters. The fraction of sp³-hybridized carbons (Fsp3) is 0.250. The lowest BCUT2D eigenvalue weighted by Gasteiger charge is -2.27. The number of benzene rings is 1. The Kier molecular flexibility index (Phi) is 2.35. The summed E-state index contributed by atoms with van der Waals surface area (Å²) in [5.41, 5.74) is 2.56. The van der Waals surface area contributed by atoms with E-state index < -0.39 is 0 Å². The Morgan fingerprint density at radius 3 is 2.93 bits per heavy atom. The lowest BCUT2D eigenvalue weighted by atomic mass is 10.0. The maximum Gasteiger partial charge on any atom is 0.0746 e. The van der Waals surface area contributed by atoms with Gasteiger partial charge < -0.3 is 0 Å². The fourth-order valence-corrected chi connectivity index (χ4v) is 1.70. The predicted octanol–water partition coefficient (Wildman–Crippen LogP) is 2.93. The van der Waals surface area contributed by atoms with E-state index in [1.807, 2.05) is 36.5 Å². The molecule has 1 heterocycles. The Labute approximate surface area is 84.6 Å². The lowest BCUT2D eigenvalue weighted by Crippen LogP contribution is -2.20. The first kappa shape index (κ1) is 9.00. The van der Waals surface area contributed by atoms with Gasteiger partial charge in [0, 0.05) is 6.20 Å². The average molecular weight is 186 g/mol. The summed E-state index contributed by atoms with van der Waals surface area (Å²) in [7, 11) is 0. The van der Waals surface area contributed by atoms with Crippen LogP contribution in [-0.2, 0) is 0 Å². The summed E-state index contributed by atoms with van der Waals surface area (Å²) in [5, 5.41) is 6.34. The van der Waals surface area contributed by atoms with E-state index in [4.69, 9.17) is 0 Å². The minimum atomic E-state index is 0.326. The second-order valence-electron chi connectivity index (χ2n) is 3.41. The minimum Gasteiger partial charge on any atom is -0.266 e. The molecule has 2 nitrogen and oxygen atoms in total. The van der Waals surface area contributed by atoms with Crippen LogP contribution in [0.3, 0.4) is 0 Å². The van der Waals surface area contributed by atoms with Crippen LogP contribution in [-0.4, -0.2) is 11.2 Å². The highest BCUT2D eigenvalue weighted by molar-refractivity contribution is 5.82. The Morgan fingerprint density at radius 2 is 2.14 bits per heavy atom. The molecule has 0 saturated heterocycles. The van der Waals surface area contributed by atoms with Crippen molar-refractivity contribution < 1.29 is 0 Å². The van der Waals surface area contributed by atoms with Gasteiger partial charge in [-0.2, -0.15) is 5.10 Å². The Bertz CT molecular complexity index is 380. The van der Waals surface area contributed by atoms with E-state index in [-0.39, 0.29) is 0 Å². The predicted molar refractivity (Wildman–Crippen MR) is 59.1 cm³/mol. The summed E-state index contributed by atoms with van der Waals surface area (Å²) in [6.45, 7) is 4.16. The molecule has 72 valence electrons. The van der Waals surface area contributed by atoms with Crippen LogP contribution in [0.4, 0.5) is 0 Å². The van der Waals surface area contributed by atoms with Crippen molar-refractivity contribution in [1.29, 1.82) is 0 Å². The number of allylic oxidation sites excluding steroid dienone is 1. The topological polar surface area (TPSA) is 15.6 Å². The normalized spacial score (nSPS) is 20.1. The van der Waals surface area contributed by atoms with Crippen molar-refractivity contribution in [3.63, 3.8) is 0 Å². The van der Waals surface area contributed by atoms with Crippen molar-refractivity contribution in [1.82, 2.24) is 5.01 Å². The third-order valence-electron chi connectivity index (χ3n) is 2.47. The molecule has 0 N–H and O–H groups in total. The van der Waals surface area contributed by atoms with E-state index in [1.54, 1.807) is 0 Å². The number of rotatable bonds is 1. The zero-order chi connectivity index (χ0) is 9.97. The maximum absolute atomic E-state index is 4.36. The molecule has 0 aliphatic carbocycles. The zero-order valence-corrected chi connectivity index (χ0v) is 8.51. The first-order valence-corrected chi connectivity index (χ1v) is 4.87. The van der Waals surface area contributed by atoms with Gasteiger partial charge in [-0.25, -0.2) is 0 Å². The monoisotopic (exact) mass is 186 g/mol.